The molecule has 140 valence electrons. The third kappa shape index (κ3) is 3.89. The quantitative estimate of drug-likeness (QED) is 0.735. The Morgan fingerprint density at radius 2 is 2.15 bits per heavy atom. The van der Waals surface area contributed by atoms with Crippen molar-refractivity contribution < 1.29 is 14.1 Å². The number of carbonyl (C=O) groups is 1. The highest BCUT2D eigenvalue weighted by atomic mass is 16.5. The van der Waals surface area contributed by atoms with Gasteiger partial charge < -0.3 is 14.2 Å². The van der Waals surface area contributed by atoms with Gasteiger partial charge in [-0.15, -0.1) is 0 Å². The number of benzene rings is 1. The fourth-order valence-corrected chi connectivity index (χ4v) is 3.83. The van der Waals surface area contributed by atoms with E-state index in [-0.39, 0.29) is 11.4 Å². The minimum atomic E-state index is -0.217. The second-order valence-electron chi connectivity index (χ2n) is 7.62. The Kier molecular flexibility index (Phi) is 5.30. The summed E-state index contributed by atoms with van der Waals surface area (Å²) in [6.07, 6.45) is 2.67. The van der Waals surface area contributed by atoms with E-state index in [4.69, 9.17) is 4.52 Å². The minimum Gasteiger partial charge on any atom is -0.469 e. The molecule has 3 rings (SSSR count). The SMILES string of the molecule is COC(=O)CCCc1nc(CN2c3ccccc3C(C)(C)CC2C)no1. The Balaban J connectivity index is 1.70. The lowest BCUT2D eigenvalue weighted by molar-refractivity contribution is -0.140. The molecule has 1 aliphatic heterocycles. The van der Waals surface area contributed by atoms with Crippen LogP contribution in [0.4, 0.5) is 5.69 Å². The number of aryl methyl sites for hydroxylation is 1. The van der Waals surface area contributed by atoms with Crippen LogP contribution >= 0.6 is 0 Å². The summed E-state index contributed by atoms with van der Waals surface area (Å²) in [7, 11) is 1.39. The topological polar surface area (TPSA) is 68.5 Å². The smallest absolute Gasteiger partial charge is 0.305 e. The molecule has 26 heavy (non-hydrogen) atoms. The number of para-hydroxylation sites is 1. The van der Waals surface area contributed by atoms with Crippen molar-refractivity contribution in [2.45, 2.75) is 64.5 Å². The first kappa shape index (κ1) is 18.4. The summed E-state index contributed by atoms with van der Waals surface area (Å²) in [5, 5.41) is 4.13. The zero-order valence-electron chi connectivity index (χ0n) is 16.0. The standard InChI is InChI=1S/C20H27N3O3/c1-14-12-20(2,3)15-8-5-6-9-16(15)23(14)13-17-21-18(26-22-17)10-7-11-19(24)25-4/h5-6,8-9,14H,7,10-13H2,1-4H3. The van der Waals surface area contributed by atoms with Crippen molar-refractivity contribution in [3.63, 3.8) is 0 Å². The molecule has 0 bridgehead atoms. The van der Waals surface area contributed by atoms with Crippen molar-refractivity contribution in [2.75, 3.05) is 12.0 Å². The molecular weight excluding hydrogens is 330 g/mol. The van der Waals surface area contributed by atoms with E-state index in [2.05, 4.69) is 64.8 Å². The van der Waals surface area contributed by atoms with E-state index in [1.165, 1.54) is 18.4 Å². The number of carbonyl (C=O) groups excluding carboxylic acids is 1. The summed E-state index contributed by atoms with van der Waals surface area (Å²) in [5.74, 6) is 1.03. The monoisotopic (exact) mass is 357 g/mol. The molecule has 2 heterocycles. The number of rotatable bonds is 6. The van der Waals surface area contributed by atoms with Crippen LogP contribution in [0.25, 0.3) is 0 Å². The van der Waals surface area contributed by atoms with Crippen LogP contribution in [0.5, 0.6) is 0 Å². The van der Waals surface area contributed by atoms with E-state index < -0.39 is 0 Å². The van der Waals surface area contributed by atoms with Crippen molar-refractivity contribution in [1.29, 1.82) is 0 Å². The molecule has 1 aromatic carbocycles. The van der Waals surface area contributed by atoms with E-state index in [1.54, 1.807) is 0 Å². The summed E-state index contributed by atoms with van der Waals surface area (Å²) < 4.78 is 9.99. The molecule has 0 saturated heterocycles. The van der Waals surface area contributed by atoms with E-state index in [0.717, 1.165) is 6.42 Å². The molecule has 0 saturated carbocycles. The molecule has 1 unspecified atom stereocenters. The van der Waals surface area contributed by atoms with Gasteiger partial charge in [0.1, 0.15) is 0 Å². The van der Waals surface area contributed by atoms with Crippen molar-refractivity contribution >= 4 is 11.7 Å². The van der Waals surface area contributed by atoms with Crippen LogP contribution in [0, 0.1) is 0 Å². The predicted molar refractivity (Wildman–Crippen MR) is 99.0 cm³/mol. The van der Waals surface area contributed by atoms with Crippen LogP contribution in [0.2, 0.25) is 0 Å². The summed E-state index contributed by atoms with van der Waals surface area (Å²) in [6, 6.07) is 8.95. The van der Waals surface area contributed by atoms with Gasteiger partial charge in [0.05, 0.1) is 13.7 Å². The normalized spacial score (nSPS) is 18.5. The van der Waals surface area contributed by atoms with Gasteiger partial charge in [-0.3, -0.25) is 4.79 Å². The molecule has 1 atom stereocenters. The van der Waals surface area contributed by atoms with Crippen molar-refractivity contribution in [3.05, 3.63) is 41.5 Å². The van der Waals surface area contributed by atoms with Crippen LogP contribution in [-0.4, -0.2) is 29.3 Å². The maximum Gasteiger partial charge on any atom is 0.305 e. The Hall–Kier alpha value is -2.37. The number of ether oxygens (including phenoxy) is 1. The van der Waals surface area contributed by atoms with Crippen LogP contribution in [0.3, 0.4) is 0 Å². The highest BCUT2D eigenvalue weighted by Crippen LogP contribution is 2.42. The molecule has 6 heteroatoms. The number of nitrogens with zero attached hydrogens (tertiary/aromatic N) is 3. The Labute approximate surface area is 154 Å². The fourth-order valence-electron chi connectivity index (χ4n) is 3.83. The largest absolute Gasteiger partial charge is 0.469 e. The molecule has 0 N–H and O–H groups in total. The Morgan fingerprint density at radius 3 is 2.92 bits per heavy atom. The zero-order chi connectivity index (χ0) is 18.7. The second kappa shape index (κ2) is 7.48. The lowest BCUT2D eigenvalue weighted by atomic mass is 9.75. The maximum atomic E-state index is 11.2. The van der Waals surface area contributed by atoms with Crippen molar-refractivity contribution in [2.24, 2.45) is 0 Å². The van der Waals surface area contributed by atoms with Crippen LogP contribution in [0.15, 0.2) is 28.8 Å². The number of esters is 1. The molecule has 0 radical (unpaired) electrons. The van der Waals surface area contributed by atoms with Gasteiger partial charge >= 0.3 is 5.97 Å². The van der Waals surface area contributed by atoms with Gasteiger partial charge in [-0.05, 0) is 36.8 Å². The first-order valence-corrected chi connectivity index (χ1v) is 9.15. The zero-order valence-corrected chi connectivity index (χ0v) is 16.0. The third-order valence-corrected chi connectivity index (χ3v) is 5.10. The number of fused-ring (bicyclic) bond motifs is 1. The number of methoxy groups -OCH3 is 1. The van der Waals surface area contributed by atoms with Gasteiger partial charge in [0.2, 0.25) is 5.89 Å². The van der Waals surface area contributed by atoms with E-state index in [0.29, 0.717) is 43.6 Å². The highest BCUT2D eigenvalue weighted by Gasteiger charge is 2.35. The lowest BCUT2D eigenvalue weighted by Crippen LogP contribution is -2.43. The van der Waals surface area contributed by atoms with Crippen LogP contribution in [0.1, 0.15) is 57.3 Å². The molecule has 6 nitrogen and oxygen atoms in total. The minimum absolute atomic E-state index is 0.156. The molecule has 0 spiro atoms. The average Bonchev–Trinajstić information content (AvgIpc) is 3.05. The highest BCUT2D eigenvalue weighted by molar-refractivity contribution is 5.69. The predicted octanol–water partition coefficient (Wildman–Crippen LogP) is 3.64. The first-order valence-electron chi connectivity index (χ1n) is 9.15. The molecule has 2 aromatic rings. The van der Waals surface area contributed by atoms with Gasteiger partial charge in [-0.1, -0.05) is 37.2 Å². The van der Waals surface area contributed by atoms with Crippen molar-refractivity contribution in [3.8, 4) is 0 Å². The van der Waals surface area contributed by atoms with Gasteiger partial charge in [0.25, 0.3) is 0 Å². The third-order valence-electron chi connectivity index (χ3n) is 5.10. The lowest BCUT2D eigenvalue weighted by Gasteiger charge is -2.44. The van der Waals surface area contributed by atoms with Gasteiger partial charge in [0.15, 0.2) is 5.82 Å². The average molecular weight is 357 g/mol. The van der Waals surface area contributed by atoms with Crippen LogP contribution < -0.4 is 4.90 Å². The molecule has 1 aliphatic rings. The molecule has 1 aromatic heterocycles. The summed E-state index contributed by atoms with van der Waals surface area (Å²) in [6.45, 7) is 7.46. The molecule has 0 aliphatic carbocycles. The second-order valence-corrected chi connectivity index (χ2v) is 7.62. The van der Waals surface area contributed by atoms with E-state index >= 15 is 0 Å². The first-order chi connectivity index (χ1) is 12.4. The van der Waals surface area contributed by atoms with Gasteiger partial charge in [-0.25, -0.2) is 0 Å². The van der Waals surface area contributed by atoms with Crippen LogP contribution in [-0.2, 0) is 27.9 Å². The fraction of sp³-hybridized carbons (Fsp3) is 0.550. The summed E-state index contributed by atoms with van der Waals surface area (Å²) >= 11 is 0. The number of anilines is 1. The maximum absolute atomic E-state index is 11.2. The summed E-state index contributed by atoms with van der Waals surface area (Å²) in [5.41, 5.74) is 2.76. The number of aromatic nitrogens is 2. The molecule has 0 amide bonds. The van der Waals surface area contributed by atoms with Gasteiger partial charge in [-0.2, -0.15) is 4.98 Å². The van der Waals surface area contributed by atoms with E-state index in [1.807, 2.05) is 0 Å². The molecular formula is C20H27N3O3. The Bertz CT molecular complexity index is 769. The molecule has 0 fully saturated rings. The van der Waals surface area contributed by atoms with Crippen molar-refractivity contribution in [1.82, 2.24) is 10.1 Å². The van der Waals surface area contributed by atoms with Gasteiger partial charge in [0, 0.05) is 24.6 Å². The summed E-state index contributed by atoms with van der Waals surface area (Å²) in [4.78, 5) is 18.0. The van der Waals surface area contributed by atoms with E-state index in [9.17, 15) is 4.79 Å². The number of hydrogen-bond donors (Lipinski definition) is 0. The number of hydrogen-bond acceptors (Lipinski definition) is 6. The Morgan fingerprint density at radius 1 is 1.38 bits per heavy atom.